The fraction of sp³-hybridized carbons (Fsp3) is 0.370. The van der Waals surface area contributed by atoms with Crippen LogP contribution in [0, 0.1) is 13.8 Å². The second kappa shape index (κ2) is 9.82. The number of ether oxygens (including phenoxy) is 1. The summed E-state index contributed by atoms with van der Waals surface area (Å²) in [5.74, 6) is 0.261. The van der Waals surface area contributed by atoms with E-state index < -0.39 is 12.0 Å². The Bertz CT molecular complexity index is 1360. The Kier molecular flexibility index (Phi) is 6.44. The molecule has 0 spiro atoms. The van der Waals surface area contributed by atoms with Gasteiger partial charge in [-0.15, -0.1) is 0 Å². The zero-order chi connectivity index (χ0) is 24.4. The second-order valence-corrected chi connectivity index (χ2v) is 9.15. The molecule has 1 atom stereocenters. The lowest BCUT2D eigenvalue weighted by Crippen LogP contribution is -2.19. The van der Waals surface area contributed by atoms with Crippen LogP contribution in [0.15, 0.2) is 42.6 Å². The average molecular weight is 472 g/mol. The van der Waals surface area contributed by atoms with E-state index in [1.807, 2.05) is 38.1 Å². The van der Waals surface area contributed by atoms with Crippen molar-refractivity contribution in [2.24, 2.45) is 0 Å². The summed E-state index contributed by atoms with van der Waals surface area (Å²) in [5.41, 5.74) is 6.08. The van der Waals surface area contributed by atoms with E-state index in [4.69, 9.17) is 9.72 Å². The van der Waals surface area contributed by atoms with Crippen molar-refractivity contribution < 1.29 is 14.6 Å². The minimum absolute atomic E-state index is 0.161. The number of carboxylic acid groups (broad SMARTS) is 1. The monoisotopic (exact) mass is 471 g/mol. The molecule has 180 valence electrons. The van der Waals surface area contributed by atoms with Gasteiger partial charge in [0.05, 0.1) is 24.7 Å². The molecule has 3 heterocycles. The van der Waals surface area contributed by atoms with Gasteiger partial charge < -0.3 is 9.84 Å². The van der Waals surface area contributed by atoms with Gasteiger partial charge in [-0.3, -0.25) is 14.5 Å². The Morgan fingerprint density at radius 3 is 2.66 bits per heavy atom. The van der Waals surface area contributed by atoms with Crippen molar-refractivity contribution in [3.8, 4) is 5.75 Å². The Balaban J connectivity index is 1.33. The summed E-state index contributed by atoms with van der Waals surface area (Å²) in [4.78, 5) is 25.5. The number of rotatable bonds is 8. The number of nitrogens with zero attached hydrogens (tertiary/aromatic N) is 5. The normalized spacial score (nSPS) is 14.0. The fourth-order valence-electron chi connectivity index (χ4n) is 4.76. The maximum absolute atomic E-state index is 11.6. The first-order valence-corrected chi connectivity index (χ1v) is 12.1. The molecule has 1 aliphatic carbocycles. The molecular weight excluding hydrogens is 442 g/mol. The molecule has 0 saturated carbocycles. The van der Waals surface area contributed by atoms with Crippen molar-refractivity contribution in [3.63, 3.8) is 0 Å². The standard InChI is InChI=1S/C27H29N5O3/c1-17-13-18(2)30-27(29-17)25(15-26(33)34)32-24-10-9-22(14-20(24)16-28-32)35-12-11-21-8-7-19-5-3-4-6-23(19)31-21/h7-10,13-14,16,25H,3-6,11-12,15H2,1-2H3,(H,33,34). The Labute approximate surface area is 204 Å². The minimum Gasteiger partial charge on any atom is -0.493 e. The predicted octanol–water partition coefficient (Wildman–Crippen LogP) is 4.40. The molecule has 0 radical (unpaired) electrons. The molecule has 35 heavy (non-hydrogen) atoms. The first-order valence-electron chi connectivity index (χ1n) is 12.1. The lowest BCUT2D eigenvalue weighted by molar-refractivity contribution is -0.137. The van der Waals surface area contributed by atoms with Crippen LogP contribution in [0.1, 0.15) is 59.5 Å². The van der Waals surface area contributed by atoms with E-state index in [-0.39, 0.29) is 6.42 Å². The van der Waals surface area contributed by atoms with E-state index in [9.17, 15) is 9.90 Å². The molecule has 5 rings (SSSR count). The van der Waals surface area contributed by atoms with Crippen LogP contribution in [0.25, 0.3) is 10.9 Å². The van der Waals surface area contributed by atoms with Crippen LogP contribution in [0.5, 0.6) is 5.75 Å². The van der Waals surface area contributed by atoms with Gasteiger partial charge in [-0.05, 0) is 75.4 Å². The van der Waals surface area contributed by atoms with Gasteiger partial charge in [-0.25, -0.2) is 9.97 Å². The molecule has 0 saturated heterocycles. The van der Waals surface area contributed by atoms with Crippen LogP contribution >= 0.6 is 0 Å². The van der Waals surface area contributed by atoms with Gasteiger partial charge in [-0.2, -0.15) is 5.10 Å². The molecule has 1 aromatic carbocycles. The van der Waals surface area contributed by atoms with Gasteiger partial charge in [-0.1, -0.05) is 6.07 Å². The van der Waals surface area contributed by atoms with Gasteiger partial charge in [0.15, 0.2) is 5.82 Å². The zero-order valence-corrected chi connectivity index (χ0v) is 20.1. The molecule has 8 heteroatoms. The molecule has 0 aliphatic heterocycles. The number of carbonyl (C=O) groups is 1. The number of hydrogen-bond acceptors (Lipinski definition) is 6. The molecule has 0 fully saturated rings. The van der Waals surface area contributed by atoms with Crippen LogP contribution < -0.4 is 4.74 Å². The SMILES string of the molecule is Cc1cc(C)nc(C(CC(=O)O)n2ncc3cc(OCCc4ccc5c(n4)CCCC5)ccc32)n1. The highest BCUT2D eigenvalue weighted by atomic mass is 16.5. The topological polar surface area (TPSA) is 103 Å². The Morgan fingerprint density at radius 2 is 1.86 bits per heavy atom. The van der Waals surface area contributed by atoms with Crippen LogP contribution in [0.2, 0.25) is 0 Å². The van der Waals surface area contributed by atoms with Gasteiger partial charge in [0.25, 0.3) is 0 Å². The van der Waals surface area contributed by atoms with Gasteiger partial charge >= 0.3 is 5.97 Å². The second-order valence-electron chi connectivity index (χ2n) is 9.15. The molecular formula is C27H29N5O3. The summed E-state index contributed by atoms with van der Waals surface area (Å²) in [6, 6.07) is 11.3. The highest BCUT2D eigenvalue weighted by molar-refractivity contribution is 5.80. The smallest absolute Gasteiger partial charge is 0.306 e. The van der Waals surface area contributed by atoms with Crippen molar-refractivity contribution in [2.45, 2.75) is 58.4 Å². The van der Waals surface area contributed by atoms with Crippen LogP contribution in [0.3, 0.4) is 0 Å². The first-order chi connectivity index (χ1) is 17.0. The number of fused-ring (bicyclic) bond motifs is 2. The predicted molar refractivity (Wildman–Crippen MR) is 132 cm³/mol. The largest absolute Gasteiger partial charge is 0.493 e. The molecule has 0 amide bonds. The van der Waals surface area contributed by atoms with Crippen molar-refractivity contribution in [1.29, 1.82) is 0 Å². The third kappa shape index (κ3) is 5.16. The Morgan fingerprint density at radius 1 is 1.06 bits per heavy atom. The molecule has 1 unspecified atom stereocenters. The van der Waals surface area contributed by atoms with E-state index in [0.717, 1.165) is 53.0 Å². The van der Waals surface area contributed by atoms with Crippen molar-refractivity contribution >= 4 is 16.9 Å². The highest BCUT2D eigenvalue weighted by Gasteiger charge is 2.24. The number of benzene rings is 1. The maximum atomic E-state index is 11.6. The van der Waals surface area contributed by atoms with E-state index in [1.54, 1.807) is 10.9 Å². The van der Waals surface area contributed by atoms with Crippen LogP contribution in [-0.4, -0.2) is 42.4 Å². The highest BCUT2D eigenvalue weighted by Crippen LogP contribution is 2.27. The molecule has 1 N–H and O–H groups in total. The summed E-state index contributed by atoms with van der Waals surface area (Å²) < 4.78 is 7.71. The van der Waals surface area contributed by atoms with E-state index >= 15 is 0 Å². The number of aliphatic carboxylic acids is 1. The fourth-order valence-corrected chi connectivity index (χ4v) is 4.76. The summed E-state index contributed by atoms with van der Waals surface area (Å²) in [6.45, 7) is 4.28. The van der Waals surface area contributed by atoms with E-state index in [0.29, 0.717) is 12.4 Å². The lowest BCUT2D eigenvalue weighted by Gasteiger charge is -2.17. The number of aromatic nitrogens is 5. The maximum Gasteiger partial charge on any atom is 0.306 e. The van der Waals surface area contributed by atoms with Gasteiger partial charge in [0.1, 0.15) is 11.8 Å². The number of hydrogen-bond donors (Lipinski definition) is 1. The summed E-state index contributed by atoms with van der Waals surface area (Å²) in [7, 11) is 0. The number of carboxylic acids is 1. The molecule has 4 aromatic rings. The Hall–Kier alpha value is -3.81. The number of pyridine rings is 1. The summed E-state index contributed by atoms with van der Waals surface area (Å²) in [6.07, 6.45) is 6.99. The van der Waals surface area contributed by atoms with Gasteiger partial charge in [0.2, 0.25) is 0 Å². The summed E-state index contributed by atoms with van der Waals surface area (Å²) >= 11 is 0. The number of aryl methyl sites for hydroxylation is 4. The minimum atomic E-state index is -0.933. The third-order valence-electron chi connectivity index (χ3n) is 6.39. The van der Waals surface area contributed by atoms with Crippen LogP contribution in [0.4, 0.5) is 0 Å². The third-order valence-corrected chi connectivity index (χ3v) is 6.39. The molecule has 0 bridgehead atoms. The van der Waals surface area contributed by atoms with Gasteiger partial charge in [0, 0.05) is 34.6 Å². The van der Waals surface area contributed by atoms with E-state index in [2.05, 4.69) is 27.2 Å². The quantitative estimate of drug-likeness (QED) is 0.406. The first kappa shape index (κ1) is 23.0. The van der Waals surface area contributed by atoms with E-state index in [1.165, 1.54) is 24.1 Å². The zero-order valence-electron chi connectivity index (χ0n) is 20.1. The lowest BCUT2D eigenvalue weighted by atomic mass is 9.96. The van der Waals surface area contributed by atoms with Crippen molar-refractivity contribution in [3.05, 3.63) is 76.8 Å². The molecule has 1 aliphatic rings. The molecule has 8 nitrogen and oxygen atoms in total. The van der Waals surface area contributed by atoms with Crippen molar-refractivity contribution in [1.82, 2.24) is 24.7 Å². The molecule has 3 aromatic heterocycles. The van der Waals surface area contributed by atoms with Crippen molar-refractivity contribution in [2.75, 3.05) is 6.61 Å². The summed E-state index contributed by atoms with van der Waals surface area (Å²) in [5, 5.41) is 14.9. The van der Waals surface area contributed by atoms with Crippen LogP contribution in [-0.2, 0) is 24.1 Å². The average Bonchev–Trinajstić information content (AvgIpc) is 3.25.